The number of carbonyl (C=O) groups excluding carboxylic acids is 1. The molecule has 0 bridgehead atoms. The number of anilines is 1. The Morgan fingerprint density at radius 2 is 1.76 bits per heavy atom. The van der Waals surface area contributed by atoms with Crippen LogP contribution < -0.4 is 10.1 Å². The second kappa shape index (κ2) is 6.93. The molecule has 0 aromatic heterocycles. The van der Waals surface area contributed by atoms with Crippen LogP contribution in [0.1, 0.15) is 24.5 Å². The quantitative estimate of drug-likeness (QED) is 0.897. The van der Waals surface area contributed by atoms with Crippen molar-refractivity contribution in [2.45, 2.75) is 33.3 Å². The number of carbonyl (C=O) groups is 1. The fraction of sp³-hybridized carbons (Fsp3) is 0.278. The standard InChI is InChI=1S/C18H21NO2/c1-4-16(21-17-8-6-5-7-14(17)3)18(20)19-15-11-9-13(2)10-12-15/h5-12,16H,4H2,1-3H3,(H,19,20)/t16-/m0/s1. The highest BCUT2D eigenvalue weighted by Gasteiger charge is 2.19. The Morgan fingerprint density at radius 3 is 2.38 bits per heavy atom. The first-order chi connectivity index (χ1) is 10.1. The predicted octanol–water partition coefficient (Wildman–Crippen LogP) is 4.10. The van der Waals surface area contributed by atoms with Gasteiger partial charge in [-0.1, -0.05) is 42.8 Å². The molecule has 0 aliphatic heterocycles. The van der Waals surface area contributed by atoms with Crippen molar-refractivity contribution >= 4 is 11.6 Å². The van der Waals surface area contributed by atoms with Gasteiger partial charge < -0.3 is 10.1 Å². The molecule has 21 heavy (non-hydrogen) atoms. The lowest BCUT2D eigenvalue weighted by Gasteiger charge is -2.18. The van der Waals surface area contributed by atoms with Gasteiger partial charge in [0.1, 0.15) is 5.75 Å². The van der Waals surface area contributed by atoms with Crippen molar-refractivity contribution in [2.75, 3.05) is 5.32 Å². The minimum Gasteiger partial charge on any atom is -0.480 e. The second-order valence-corrected chi connectivity index (χ2v) is 5.14. The molecule has 2 aromatic carbocycles. The molecule has 0 aliphatic carbocycles. The third-order valence-corrected chi connectivity index (χ3v) is 3.35. The van der Waals surface area contributed by atoms with Crippen molar-refractivity contribution < 1.29 is 9.53 Å². The van der Waals surface area contributed by atoms with Crippen LogP contribution in [0.4, 0.5) is 5.69 Å². The van der Waals surface area contributed by atoms with Gasteiger partial charge in [0.05, 0.1) is 0 Å². The van der Waals surface area contributed by atoms with Gasteiger partial charge >= 0.3 is 0 Å². The zero-order valence-corrected chi connectivity index (χ0v) is 12.7. The number of hydrogen-bond acceptors (Lipinski definition) is 2. The average Bonchev–Trinajstić information content (AvgIpc) is 2.48. The van der Waals surface area contributed by atoms with Crippen LogP contribution in [-0.2, 0) is 4.79 Å². The maximum Gasteiger partial charge on any atom is 0.265 e. The first kappa shape index (κ1) is 15.1. The lowest BCUT2D eigenvalue weighted by atomic mass is 10.2. The molecule has 1 amide bonds. The summed E-state index contributed by atoms with van der Waals surface area (Å²) in [5.41, 5.74) is 2.98. The van der Waals surface area contributed by atoms with Crippen LogP contribution in [0.15, 0.2) is 48.5 Å². The summed E-state index contributed by atoms with van der Waals surface area (Å²) in [5.74, 6) is 0.632. The van der Waals surface area contributed by atoms with Crippen molar-refractivity contribution in [1.82, 2.24) is 0 Å². The van der Waals surface area contributed by atoms with E-state index in [9.17, 15) is 4.79 Å². The second-order valence-electron chi connectivity index (χ2n) is 5.14. The smallest absolute Gasteiger partial charge is 0.265 e. The van der Waals surface area contributed by atoms with Gasteiger partial charge in [0.25, 0.3) is 5.91 Å². The Bertz CT molecular complexity index is 605. The van der Waals surface area contributed by atoms with Crippen LogP contribution in [0.5, 0.6) is 5.75 Å². The maximum atomic E-state index is 12.3. The highest BCUT2D eigenvalue weighted by Crippen LogP contribution is 2.19. The minimum absolute atomic E-state index is 0.121. The van der Waals surface area contributed by atoms with Gasteiger partial charge in [-0.25, -0.2) is 0 Å². The largest absolute Gasteiger partial charge is 0.480 e. The minimum atomic E-state index is -0.493. The van der Waals surface area contributed by atoms with E-state index in [2.05, 4.69) is 5.32 Å². The third-order valence-electron chi connectivity index (χ3n) is 3.35. The SMILES string of the molecule is CC[C@H](Oc1ccccc1C)C(=O)Nc1ccc(C)cc1. The summed E-state index contributed by atoms with van der Waals surface area (Å²) in [5, 5.41) is 2.90. The van der Waals surface area contributed by atoms with Gasteiger partial charge in [0.15, 0.2) is 6.10 Å². The molecule has 2 aromatic rings. The van der Waals surface area contributed by atoms with Crippen LogP contribution in [0, 0.1) is 13.8 Å². The van der Waals surface area contributed by atoms with E-state index < -0.39 is 6.10 Å². The molecule has 1 N–H and O–H groups in total. The van der Waals surface area contributed by atoms with Crippen LogP contribution >= 0.6 is 0 Å². The van der Waals surface area contributed by atoms with Crippen LogP contribution in [0.25, 0.3) is 0 Å². The molecular formula is C18H21NO2. The molecule has 3 nitrogen and oxygen atoms in total. The lowest BCUT2D eigenvalue weighted by Crippen LogP contribution is -2.32. The number of ether oxygens (including phenoxy) is 1. The average molecular weight is 283 g/mol. The normalized spacial score (nSPS) is 11.8. The molecule has 0 heterocycles. The van der Waals surface area contributed by atoms with E-state index in [1.807, 2.05) is 69.3 Å². The molecule has 0 unspecified atom stereocenters. The number of benzene rings is 2. The zero-order valence-electron chi connectivity index (χ0n) is 12.7. The number of para-hydroxylation sites is 1. The number of nitrogens with one attached hydrogen (secondary N) is 1. The van der Waals surface area contributed by atoms with E-state index in [0.29, 0.717) is 6.42 Å². The first-order valence-electron chi connectivity index (χ1n) is 7.20. The van der Waals surface area contributed by atoms with Gasteiger partial charge in [-0.3, -0.25) is 4.79 Å². The molecule has 110 valence electrons. The van der Waals surface area contributed by atoms with E-state index in [-0.39, 0.29) is 5.91 Å². The highest BCUT2D eigenvalue weighted by molar-refractivity contribution is 5.94. The predicted molar refractivity (Wildman–Crippen MR) is 85.7 cm³/mol. The summed E-state index contributed by atoms with van der Waals surface area (Å²) in [6, 6.07) is 15.5. The van der Waals surface area contributed by atoms with E-state index >= 15 is 0 Å². The highest BCUT2D eigenvalue weighted by atomic mass is 16.5. The zero-order chi connectivity index (χ0) is 15.2. The topological polar surface area (TPSA) is 38.3 Å². The number of rotatable bonds is 5. The van der Waals surface area contributed by atoms with Crippen LogP contribution in [0.3, 0.4) is 0 Å². The summed E-state index contributed by atoms with van der Waals surface area (Å²) in [6.07, 6.45) is 0.124. The van der Waals surface area contributed by atoms with E-state index in [0.717, 1.165) is 22.6 Å². The van der Waals surface area contributed by atoms with E-state index in [1.54, 1.807) is 0 Å². The Labute approximate surface area is 126 Å². The van der Waals surface area contributed by atoms with Crippen molar-refractivity contribution in [3.05, 3.63) is 59.7 Å². The van der Waals surface area contributed by atoms with Gasteiger partial charge in [-0.05, 0) is 44.0 Å². The fourth-order valence-electron chi connectivity index (χ4n) is 2.02. The summed E-state index contributed by atoms with van der Waals surface area (Å²) < 4.78 is 5.84. The lowest BCUT2D eigenvalue weighted by molar-refractivity contribution is -0.122. The molecular weight excluding hydrogens is 262 g/mol. The summed E-state index contributed by atoms with van der Waals surface area (Å²) in [4.78, 5) is 12.3. The molecule has 0 spiro atoms. The molecule has 3 heteroatoms. The van der Waals surface area contributed by atoms with E-state index in [4.69, 9.17) is 4.74 Å². The van der Waals surface area contributed by atoms with Crippen molar-refractivity contribution in [1.29, 1.82) is 0 Å². The van der Waals surface area contributed by atoms with Gasteiger partial charge in [0, 0.05) is 5.69 Å². The number of hydrogen-bond donors (Lipinski definition) is 1. The number of amides is 1. The fourth-order valence-corrected chi connectivity index (χ4v) is 2.02. The van der Waals surface area contributed by atoms with Crippen molar-refractivity contribution in [2.24, 2.45) is 0 Å². The van der Waals surface area contributed by atoms with Crippen molar-refractivity contribution in [3.63, 3.8) is 0 Å². The molecule has 0 aliphatic rings. The monoisotopic (exact) mass is 283 g/mol. The number of aryl methyl sites for hydroxylation is 2. The molecule has 0 fully saturated rings. The van der Waals surface area contributed by atoms with E-state index in [1.165, 1.54) is 0 Å². The van der Waals surface area contributed by atoms with Crippen molar-refractivity contribution in [3.8, 4) is 5.75 Å². The molecule has 0 saturated carbocycles. The van der Waals surface area contributed by atoms with Crippen LogP contribution in [-0.4, -0.2) is 12.0 Å². The summed E-state index contributed by atoms with van der Waals surface area (Å²) >= 11 is 0. The Balaban J connectivity index is 2.05. The summed E-state index contributed by atoms with van der Waals surface area (Å²) in [7, 11) is 0. The Hall–Kier alpha value is -2.29. The molecule has 2 rings (SSSR count). The molecule has 0 saturated heterocycles. The van der Waals surface area contributed by atoms with Gasteiger partial charge in [0.2, 0.25) is 0 Å². The third kappa shape index (κ3) is 4.09. The van der Waals surface area contributed by atoms with Gasteiger partial charge in [-0.2, -0.15) is 0 Å². The van der Waals surface area contributed by atoms with Gasteiger partial charge in [-0.15, -0.1) is 0 Å². The molecule has 0 radical (unpaired) electrons. The molecule has 1 atom stereocenters. The Kier molecular flexibility index (Phi) is 4.99. The maximum absolute atomic E-state index is 12.3. The van der Waals surface area contributed by atoms with Crippen LogP contribution in [0.2, 0.25) is 0 Å². The summed E-state index contributed by atoms with van der Waals surface area (Å²) in [6.45, 7) is 5.93. The Morgan fingerprint density at radius 1 is 1.10 bits per heavy atom. The first-order valence-corrected chi connectivity index (χ1v) is 7.20.